The second kappa shape index (κ2) is 5.82. The highest BCUT2D eigenvalue weighted by atomic mass is 35.7. The molecule has 0 aliphatic heterocycles. The number of halogens is 1. The van der Waals surface area contributed by atoms with Crippen LogP contribution in [0.5, 0.6) is 0 Å². The molecule has 0 heterocycles. The molecule has 0 fully saturated rings. The van der Waals surface area contributed by atoms with E-state index >= 15 is 0 Å². The van der Waals surface area contributed by atoms with Gasteiger partial charge in [-0.15, -0.1) is 0 Å². The molecule has 0 radical (unpaired) electrons. The minimum absolute atomic E-state index is 0.117. The number of carbonyl (C=O) groups is 2. The van der Waals surface area contributed by atoms with Gasteiger partial charge in [0, 0.05) is 21.8 Å². The zero-order valence-corrected chi connectivity index (χ0v) is 13.6. The standard InChI is InChI=1S/C15H13ClO6S/c1-15(14(19)20)7-9(6-10(8-15)13(17)18)11-4-2-3-5-12(11)23(16,21)22/h2-7H,8H2,1H3,(H,17,18)(H,19,20). The van der Waals surface area contributed by atoms with Gasteiger partial charge in [-0.1, -0.05) is 24.3 Å². The van der Waals surface area contributed by atoms with Gasteiger partial charge < -0.3 is 10.2 Å². The fraction of sp³-hybridized carbons (Fsp3) is 0.200. The molecule has 0 aromatic heterocycles. The maximum atomic E-state index is 11.7. The maximum Gasteiger partial charge on any atom is 0.331 e. The smallest absolute Gasteiger partial charge is 0.331 e. The fourth-order valence-corrected chi connectivity index (χ4v) is 3.51. The quantitative estimate of drug-likeness (QED) is 0.802. The van der Waals surface area contributed by atoms with Crippen LogP contribution in [0, 0.1) is 5.41 Å². The van der Waals surface area contributed by atoms with Gasteiger partial charge in [-0.3, -0.25) is 4.79 Å². The van der Waals surface area contributed by atoms with E-state index < -0.39 is 26.4 Å². The zero-order valence-electron chi connectivity index (χ0n) is 12.0. The lowest BCUT2D eigenvalue weighted by Gasteiger charge is -2.27. The summed E-state index contributed by atoms with van der Waals surface area (Å²) in [5, 5.41) is 18.6. The number of allylic oxidation sites excluding steroid dienone is 2. The van der Waals surface area contributed by atoms with Crippen molar-refractivity contribution in [2.75, 3.05) is 0 Å². The highest BCUT2D eigenvalue weighted by Crippen LogP contribution is 2.39. The normalized spacial score (nSPS) is 21.3. The van der Waals surface area contributed by atoms with Gasteiger partial charge in [0.05, 0.1) is 10.3 Å². The average Bonchev–Trinajstić information content (AvgIpc) is 2.45. The summed E-state index contributed by atoms with van der Waals surface area (Å²) < 4.78 is 23.4. The third-order valence-electron chi connectivity index (χ3n) is 3.59. The van der Waals surface area contributed by atoms with Crippen molar-refractivity contribution in [3.8, 4) is 0 Å². The highest BCUT2D eigenvalue weighted by Gasteiger charge is 2.37. The van der Waals surface area contributed by atoms with Gasteiger partial charge in [0.2, 0.25) is 0 Å². The van der Waals surface area contributed by atoms with Crippen LogP contribution >= 0.6 is 10.7 Å². The van der Waals surface area contributed by atoms with E-state index in [0.717, 1.165) is 0 Å². The van der Waals surface area contributed by atoms with Gasteiger partial charge >= 0.3 is 11.9 Å². The molecule has 23 heavy (non-hydrogen) atoms. The van der Waals surface area contributed by atoms with Crippen LogP contribution in [-0.4, -0.2) is 30.6 Å². The van der Waals surface area contributed by atoms with Gasteiger partial charge in [0.25, 0.3) is 9.05 Å². The number of hydrogen-bond donors (Lipinski definition) is 2. The Hall–Kier alpha value is -2.12. The summed E-state index contributed by atoms with van der Waals surface area (Å²) in [7, 11) is 1.34. The highest BCUT2D eigenvalue weighted by molar-refractivity contribution is 8.13. The summed E-state index contributed by atoms with van der Waals surface area (Å²) in [5.41, 5.74) is -1.22. The predicted octanol–water partition coefficient (Wildman–Crippen LogP) is 2.50. The van der Waals surface area contributed by atoms with Crippen molar-refractivity contribution in [2.45, 2.75) is 18.2 Å². The van der Waals surface area contributed by atoms with Crippen molar-refractivity contribution in [2.24, 2.45) is 5.41 Å². The Morgan fingerprint density at radius 1 is 1.22 bits per heavy atom. The molecule has 1 unspecified atom stereocenters. The first-order valence-corrected chi connectivity index (χ1v) is 8.80. The number of carboxylic acid groups (broad SMARTS) is 2. The molecule has 1 aliphatic rings. The predicted molar refractivity (Wildman–Crippen MR) is 83.5 cm³/mol. The minimum atomic E-state index is -4.07. The van der Waals surface area contributed by atoms with Crippen molar-refractivity contribution >= 4 is 37.2 Å². The summed E-state index contributed by atoms with van der Waals surface area (Å²) in [5.74, 6) is -2.46. The van der Waals surface area contributed by atoms with Gasteiger partial charge in [-0.05, 0) is 31.1 Å². The Bertz CT molecular complexity index is 852. The van der Waals surface area contributed by atoms with Crippen LogP contribution < -0.4 is 0 Å². The Labute approximate surface area is 137 Å². The van der Waals surface area contributed by atoms with Gasteiger partial charge in [0.1, 0.15) is 0 Å². The van der Waals surface area contributed by atoms with Crippen molar-refractivity contribution in [3.63, 3.8) is 0 Å². The van der Waals surface area contributed by atoms with Crippen LogP contribution in [0.3, 0.4) is 0 Å². The molecule has 0 spiro atoms. The Morgan fingerprint density at radius 3 is 2.35 bits per heavy atom. The van der Waals surface area contributed by atoms with Gasteiger partial charge in [-0.25, -0.2) is 13.2 Å². The topological polar surface area (TPSA) is 109 Å². The summed E-state index contributed by atoms with van der Waals surface area (Å²) in [6.45, 7) is 1.38. The van der Waals surface area contributed by atoms with E-state index in [9.17, 15) is 28.2 Å². The maximum absolute atomic E-state index is 11.7. The van der Waals surface area contributed by atoms with Gasteiger partial charge in [0.15, 0.2) is 0 Å². The first-order valence-electron chi connectivity index (χ1n) is 6.49. The molecule has 2 N–H and O–H groups in total. The van der Waals surface area contributed by atoms with Crippen molar-refractivity contribution < 1.29 is 28.2 Å². The first-order chi connectivity index (χ1) is 10.5. The number of hydrogen-bond acceptors (Lipinski definition) is 4. The monoisotopic (exact) mass is 356 g/mol. The number of aliphatic carboxylic acids is 2. The third kappa shape index (κ3) is 3.46. The minimum Gasteiger partial charge on any atom is -0.481 e. The third-order valence-corrected chi connectivity index (χ3v) is 4.97. The zero-order chi connectivity index (χ0) is 17.4. The summed E-state index contributed by atoms with van der Waals surface area (Å²) in [6, 6.07) is 5.76. The second-order valence-corrected chi connectivity index (χ2v) is 7.94. The second-order valence-electron chi connectivity index (χ2n) is 5.41. The van der Waals surface area contributed by atoms with Gasteiger partial charge in [-0.2, -0.15) is 0 Å². The van der Waals surface area contributed by atoms with Crippen molar-refractivity contribution in [1.29, 1.82) is 0 Å². The Kier molecular flexibility index (Phi) is 4.37. The molecule has 2 rings (SSSR count). The van der Waals surface area contributed by atoms with E-state index in [-0.39, 0.29) is 28.0 Å². The molecular formula is C15H13ClO6S. The lowest BCUT2D eigenvalue weighted by Crippen LogP contribution is -2.29. The molecule has 1 aromatic rings. The fourth-order valence-electron chi connectivity index (χ4n) is 2.42. The molecular weight excluding hydrogens is 344 g/mol. The first kappa shape index (κ1) is 17.2. The summed E-state index contributed by atoms with van der Waals surface area (Å²) >= 11 is 0. The largest absolute Gasteiger partial charge is 0.481 e. The molecule has 122 valence electrons. The van der Waals surface area contributed by atoms with Crippen molar-refractivity contribution in [3.05, 3.63) is 47.6 Å². The van der Waals surface area contributed by atoms with Crippen LogP contribution in [0.2, 0.25) is 0 Å². The lowest BCUT2D eigenvalue weighted by molar-refractivity contribution is -0.145. The molecule has 1 aromatic carbocycles. The number of carboxylic acids is 2. The number of rotatable bonds is 4. The molecule has 0 bridgehead atoms. The van der Waals surface area contributed by atoms with E-state index in [2.05, 4.69) is 0 Å². The SMILES string of the molecule is CC1(C(=O)O)C=C(c2ccccc2S(=O)(=O)Cl)C=C(C(=O)O)C1. The van der Waals surface area contributed by atoms with E-state index in [4.69, 9.17) is 10.7 Å². The molecule has 0 saturated carbocycles. The van der Waals surface area contributed by atoms with Crippen LogP contribution in [0.25, 0.3) is 5.57 Å². The lowest BCUT2D eigenvalue weighted by atomic mass is 9.76. The molecule has 6 nitrogen and oxygen atoms in total. The molecule has 8 heteroatoms. The molecule has 1 atom stereocenters. The van der Waals surface area contributed by atoms with Crippen LogP contribution in [0.15, 0.2) is 46.9 Å². The molecule has 0 amide bonds. The van der Waals surface area contributed by atoms with E-state index in [1.54, 1.807) is 6.07 Å². The van der Waals surface area contributed by atoms with Crippen LogP contribution in [0.1, 0.15) is 18.9 Å². The number of benzene rings is 1. The molecule has 1 aliphatic carbocycles. The Morgan fingerprint density at radius 2 is 1.83 bits per heavy atom. The van der Waals surface area contributed by atoms with E-state index in [0.29, 0.717) is 0 Å². The van der Waals surface area contributed by atoms with Crippen LogP contribution in [-0.2, 0) is 18.6 Å². The molecule has 0 saturated heterocycles. The summed E-state index contributed by atoms with van der Waals surface area (Å²) in [6.07, 6.45) is 2.42. The average molecular weight is 357 g/mol. The van der Waals surface area contributed by atoms with Crippen LogP contribution in [0.4, 0.5) is 0 Å². The summed E-state index contributed by atoms with van der Waals surface area (Å²) in [4.78, 5) is 22.6. The van der Waals surface area contributed by atoms with Crippen molar-refractivity contribution in [1.82, 2.24) is 0 Å². The van der Waals surface area contributed by atoms with E-state index in [1.165, 1.54) is 37.3 Å². The Balaban J connectivity index is 2.73. The van der Waals surface area contributed by atoms with E-state index in [1.807, 2.05) is 0 Å².